The van der Waals surface area contributed by atoms with Gasteiger partial charge in [-0.3, -0.25) is 0 Å². The first-order valence-electron chi connectivity index (χ1n) is 17.5. The van der Waals surface area contributed by atoms with Gasteiger partial charge in [-0.15, -0.1) is 0 Å². The number of benzene rings is 8. The van der Waals surface area contributed by atoms with Crippen molar-refractivity contribution >= 4 is 50.6 Å². The van der Waals surface area contributed by atoms with Crippen molar-refractivity contribution in [2.45, 2.75) is 0 Å². The summed E-state index contributed by atoms with van der Waals surface area (Å²) in [5.74, 6) is 1.67. The van der Waals surface area contributed by atoms with Crippen LogP contribution in [0.5, 0.6) is 11.5 Å². The van der Waals surface area contributed by atoms with Gasteiger partial charge in [0.25, 0.3) is 0 Å². The maximum atomic E-state index is 7.18. The number of aromatic nitrogens is 1. The summed E-state index contributed by atoms with van der Waals surface area (Å²) in [6.07, 6.45) is 0. The van der Waals surface area contributed by atoms with Gasteiger partial charge < -0.3 is 9.30 Å². The maximum Gasteiger partial charge on any atom is 0.180 e. The topological polar surface area (TPSA) is 14.2 Å². The van der Waals surface area contributed by atoms with Crippen LogP contribution in [0.3, 0.4) is 0 Å². The molecule has 9 aromatic rings. The molecule has 1 aliphatic heterocycles. The zero-order valence-corrected chi connectivity index (χ0v) is 28.9. The fourth-order valence-corrected chi connectivity index (χ4v) is 13.6. The summed E-state index contributed by atoms with van der Waals surface area (Å²) >= 11 is 0. The second-order valence-electron chi connectivity index (χ2n) is 13.2. The van der Waals surface area contributed by atoms with Crippen LogP contribution >= 0.6 is 0 Å². The SMILES string of the molecule is c1ccc([Si]2(c3ccccc3)c3ccccc3-c3ccccc3Oc3cc(-n4c5ccccc5c5ccccc54)ccc3-c3ccccc32)cc1. The number of hydrogen-bond donors (Lipinski definition) is 0. The van der Waals surface area contributed by atoms with E-state index in [-0.39, 0.29) is 0 Å². The number of nitrogens with zero attached hydrogens (tertiary/aromatic N) is 1. The highest BCUT2D eigenvalue weighted by atomic mass is 28.3. The van der Waals surface area contributed by atoms with Gasteiger partial charge >= 0.3 is 0 Å². The summed E-state index contributed by atoms with van der Waals surface area (Å²) in [5, 5.41) is 7.85. The number of fused-ring (bicyclic) bond motifs is 9. The van der Waals surface area contributed by atoms with Gasteiger partial charge in [0.2, 0.25) is 0 Å². The monoisotopic (exact) mass is 667 g/mol. The molecule has 0 unspecified atom stereocenters. The van der Waals surface area contributed by atoms with E-state index in [1.807, 2.05) is 0 Å². The summed E-state index contributed by atoms with van der Waals surface area (Å²) in [4.78, 5) is 0. The Bertz CT molecular complexity index is 2640. The minimum absolute atomic E-state index is 0.831. The molecule has 0 radical (unpaired) electrons. The second kappa shape index (κ2) is 11.9. The molecular formula is C48H33NOSi. The third-order valence-corrected chi connectivity index (χ3v) is 15.5. The standard InChI is InChI=1S/C48H33NOSi/c1-3-17-35(18-4-1)51(36-19-5-2-6-20-36)47-29-15-10-24-41(47)39-23-9-14-28-45(39)50-46-33-34(31-32-40(46)42-25-11-16-30-48(42)51)49-43-26-12-7-21-37(43)38-22-8-13-27-44(38)49/h1-33H. The predicted octanol–water partition coefficient (Wildman–Crippen LogP) is 9.60. The van der Waals surface area contributed by atoms with E-state index < -0.39 is 8.07 Å². The Morgan fingerprint density at radius 1 is 0.353 bits per heavy atom. The van der Waals surface area contributed by atoms with Crippen LogP contribution < -0.4 is 25.5 Å². The Morgan fingerprint density at radius 2 is 0.804 bits per heavy atom. The van der Waals surface area contributed by atoms with Crippen molar-refractivity contribution in [2.24, 2.45) is 0 Å². The van der Waals surface area contributed by atoms with Crippen LogP contribution in [0.15, 0.2) is 200 Å². The van der Waals surface area contributed by atoms with Crippen LogP contribution in [-0.2, 0) is 0 Å². The zero-order chi connectivity index (χ0) is 33.8. The molecule has 3 heteroatoms. The summed E-state index contributed by atoms with van der Waals surface area (Å²) in [7, 11) is -2.95. The highest BCUT2D eigenvalue weighted by molar-refractivity contribution is 7.21. The van der Waals surface area contributed by atoms with Crippen molar-refractivity contribution in [2.75, 3.05) is 0 Å². The van der Waals surface area contributed by atoms with Crippen LogP contribution in [0.4, 0.5) is 0 Å². The van der Waals surface area contributed by atoms with Crippen molar-refractivity contribution in [1.82, 2.24) is 4.57 Å². The lowest BCUT2D eigenvalue weighted by atomic mass is 10.0. The molecule has 0 amide bonds. The quantitative estimate of drug-likeness (QED) is 0.171. The van der Waals surface area contributed by atoms with Crippen LogP contribution in [0.25, 0.3) is 49.7 Å². The van der Waals surface area contributed by atoms with E-state index in [9.17, 15) is 0 Å². The molecule has 1 aliphatic rings. The molecule has 0 saturated carbocycles. The second-order valence-corrected chi connectivity index (χ2v) is 17.0. The molecule has 0 aliphatic carbocycles. The molecule has 8 aromatic carbocycles. The molecule has 0 bridgehead atoms. The van der Waals surface area contributed by atoms with E-state index in [1.165, 1.54) is 53.7 Å². The van der Waals surface area contributed by atoms with E-state index in [4.69, 9.17) is 4.74 Å². The van der Waals surface area contributed by atoms with Gasteiger partial charge in [0.15, 0.2) is 8.07 Å². The fourth-order valence-electron chi connectivity index (χ4n) is 8.45. The van der Waals surface area contributed by atoms with Gasteiger partial charge in [-0.1, -0.05) is 164 Å². The number of hydrogen-bond acceptors (Lipinski definition) is 1. The Labute approximate surface area is 298 Å². The van der Waals surface area contributed by atoms with Crippen molar-refractivity contribution in [3.8, 4) is 39.4 Å². The van der Waals surface area contributed by atoms with Gasteiger partial charge in [-0.05, 0) is 62.2 Å². The van der Waals surface area contributed by atoms with E-state index >= 15 is 0 Å². The average molecular weight is 668 g/mol. The number of rotatable bonds is 3. The summed E-state index contributed by atoms with van der Waals surface area (Å²) in [5.41, 5.74) is 7.96. The summed E-state index contributed by atoms with van der Waals surface area (Å²) in [6, 6.07) is 73.1. The molecule has 0 N–H and O–H groups in total. The molecule has 0 spiro atoms. The van der Waals surface area contributed by atoms with Gasteiger partial charge in [0, 0.05) is 33.7 Å². The van der Waals surface area contributed by atoms with E-state index in [0.717, 1.165) is 28.3 Å². The van der Waals surface area contributed by atoms with Crippen LogP contribution in [0.2, 0.25) is 0 Å². The zero-order valence-electron chi connectivity index (χ0n) is 27.9. The van der Waals surface area contributed by atoms with E-state index in [0.29, 0.717) is 0 Å². The Balaban J connectivity index is 1.35. The Hall–Kier alpha value is -6.42. The molecule has 2 heterocycles. The maximum absolute atomic E-state index is 7.18. The lowest BCUT2D eigenvalue weighted by molar-refractivity contribution is 0.486. The van der Waals surface area contributed by atoms with Gasteiger partial charge in [0.1, 0.15) is 11.5 Å². The molecule has 0 fully saturated rings. The van der Waals surface area contributed by atoms with Gasteiger partial charge in [0.05, 0.1) is 11.0 Å². The van der Waals surface area contributed by atoms with Crippen LogP contribution in [-0.4, -0.2) is 12.6 Å². The summed E-state index contributed by atoms with van der Waals surface area (Å²) < 4.78 is 9.54. The average Bonchev–Trinajstić information content (AvgIpc) is 3.54. The third-order valence-electron chi connectivity index (χ3n) is 10.6. The van der Waals surface area contributed by atoms with Crippen molar-refractivity contribution < 1.29 is 4.74 Å². The van der Waals surface area contributed by atoms with Gasteiger partial charge in [-0.25, -0.2) is 0 Å². The lowest BCUT2D eigenvalue weighted by Crippen LogP contribution is -2.75. The van der Waals surface area contributed by atoms with Crippen molar-refractivity contribution in [3.05, 3.63) is 200 Å². The van der Waals surface area contributed by atoms with Crippen molar-refractivity contribution in [3.63, 3.8) is 0 Å². The molecule has 2 nitrogen and oxygen atoms in total. The minimum Gasteiger partial charge on any atom is -0.456 e. The normalized spacial score (nSPS) is 13.0. The van der Waals surface area contributed by atoms with E-state index in [1.54, 1.807) is 0 Å². The first-order chi connectivity index (χ1) is 25.3. The van der Waals surface area contributed by atoms with Crippen molar-refractivity contribution in [1.29, 1.82) is 0 Å². The Morgan fingerprint density at radius 3 is 1.39 bits per heavy atom. The smallest absolute Gasteiger partial charge is 0.180 e. The largest absolute Gasteiger partial charge is 0.456 e. The van der Waals surface area contributed by atoms with E-state index in [2.05, 4.69) is 205 Å². The molecule has 10 rings (SSSR count). The molecule has 240 valence electrons. The lowest BCUT2D eigenvalue weighted by Gasteiger charge is -2.38. The van der Waals surface area contributed by atoms with Crippen LogP contribution in [0, 0.1) is 0 Å². The Kier molecular flexibility index (Phi) is 6.86. The minimum atomic E-state index is -2.95. The molecular weight excluding hydrogens is 635 g/mol. The van der Waals surface area contributed by atoms with Crippen LogP contribution in [0.1, 0.15) is 0 Å². The summed E-state index contributed by atoms with van der Waals surface area (Å²) in [6.45, 7) is 0. The molecule has 1 aromatic heterocycles. The van der Waals surface area contributed by atoms with Gasteiger partial charge in [-0.2, -0.15) is 0 Å². The highest BCUT2D eigenvalue weighted by Gasteiger charge is 2.45. The molecule has 0 atom stereocenters. The number of ether oxygens (including phenoxy) is 1. The molecule has 0 saturated heterocycles. The molecule has 51 heavy (non-hydrogen) atoms. The third kappa shape index (κ3) is 4.49. The predicted molar refractivity (Wildman–Crippen MR) is 215 cm³/mol. The highest BCUT2D eigenvalue weighted by Crippen LogP contribution is 2.42. The fraction of sp³-hybridized carbons (Fsp3) is 0. The first kappa shape index (κ1) is 29.5. The number of para-hydroxylation sites is 3. The first-order valence-corrected chi connectivity index (χ1v) is 19.5.